The fourth-order valence-electron chi connectivity index (χ4n) is 3.06. The van der Waals surface area contributed by atoms with Gasteiger partial charge < -0.3 is 13.9 Å². The van der Waals surface area contributed by atoms with Crippen LogP contribution in [0, 0.1) is 6.92 Å². The SMILES string of the molecule is Cc1c(C(=O)N2CCn3c(nnc3C(F)(F)F)C2)oc2ccccc12. The van der Waals surface area contributed by atoms with E-state index in [0.717, 1.165) is 9.95 Å². The summed E-state index contributed by atoms with van der Waals surface area (Å²) in [6, 6.07) is 7.28. The van der Waals surface area contributed by atoms with Gasteiger partial charge in [0.25, 0.3) is 5.91 Å². The third-order valence-electron chi connectivity index (χ3n) is 4.33. The largest absolute Gasteiger partial charge is 0.451 e. The van der Waals surface area contributed by atoms with Gasteiger partial charge in [0.1, 0.15) is 5.58 Å². The van der Waals surface area contributed by atoms with Crippen LogP contribution in [0.25, 0.3) is 11.0 Å². The minimum atomic E-state index is -4.56. The average Bonchev–Trinajstić information content (AvgIpc) is 3.15. The molecule has 1 aliphatic heterocycles. The predicted octanol–water partition coefficient (Wildman–Crippen LogP) is 3.01. The van der Waals surface area contributed by atoms with E-state index in [0.29, 0.717) is 11.1 Å². The van der Waals surface area contributed by atoms with E-state index in [-0.39, 0.29) is 37.1 Å². The van der Waals surface area contributed by atoms with Crippen molar-refractivity contribution in [2.75, 3.05) is 6.54 Å². The maximum absolute atomic E-state index is 12.9. The highest BCUT2D eigenvalue weighted by Gasteiger charge is 2.40. The summed E-state index contributed by atoms with van der Waals surface area (Å²) in [5, 5.41) is 7.64. The zero-order chi connectivity index (χ0) is 17.8. The van der Waals surface area contributed by atoms with Crippen molar-refractivity contribution in [1.82, 2.24) is 19.7 Å². The molecule has 1 amide bonds. The van der Waals surface area contributed by atoms with Gasteiger partial charge in [-0.15, -0.1) is 10.2 Å². The molecule has 1 aromatic carbocycles. The summed E-state index contributed by atoms with van der Waals surface area (Å²) in [5.41, 5.74) is 1.31. The second-order valence-corrected chi connectivity index (χ2v) is 5.87. The Labute approximate surface area is 139 Å². The molecule has 3 aromatic rings. The van der Waals surface area contributed by atoms with Crippen molar-refractivity contribution >= 4 is 16.9 Å². The van der Waals surface area contributed by atoms with E-state index in [1.807, 2.05) is 18.2 Å². The topological polar surface area (TPSA) is 64.2 Å². The number of nitrogens with zero attached hydrogens (tertiary/aromatic N) is 4. The molecule has 0 saturated heterocycles. The van der Waals surface area contributed by atoms with Crippen LogP contribution < -0.4 is 0 Å². The lowest BCUT2D eigenvalue weighted by Crippen LogP contribution is -2.39. The van der Waals surface area contributed by atoms with Crippen LogP contribution in [0.3, 0.4) is 0 Å². The number of para-hydroxylation sites is 1. The van der Waals surface area contributed by atoms with Gasteiger partial charge in [-0.2, -0.15) is 13.2 Å². The smallest absolute Gasteiger partial charge is 0.451 e. The molecule has 3 heterocycles. The summed E-state index contributed by atoms with van der Waals surface area (Å²) in [5.74, 6) is -1.09. The number of alkyl halides is 3. The molecule has 0 bridgehead atoms. The van der Waals surface area contributed by atoms with Gasteiger partial charge in [0.05, 0.1) is 6.54 Å². The highest BCUT2D eigenvalue weighted by atomic mass is 19.4. The zero-order valence-electron chi connectivity index (χ0n) is 13.2. The summed E-state index contributed by atoms with van der Waals surface area (Å²) in [4.78, 5) is 14.2. The van der Waals surface area contributed by atoms with E-state index in [1.54, 1.807) is 13.0 Å². The molecular formula is C16H13F3N4O2. The third-order valence-corrected chi connectivity index (χ3v) is 4.33. The van der Waals surface area contributed by atoms with Crippen molar-refractivity contribution in [3.05, 3.63) is 47.2 Å². The van der Waals surface area contributed by atoms with Gasteiger partial charge in [0, 0.05) is 24.0 Å². The van der Waals surface area contributed by atoms with Gasteiger partial charge in [0.15, 0.2) is 11.6 Å². The molecule has 6 nitrogen and oxygen atoms in total. The molecule has 25 heavy (non-hydrogen) atoms. The van der Waals surface area contributed by atoms with Crippen molar-refractivity contribution in [3.8, 4) is 0 Å². The molecule has 2 aromatic heterocycles. The minimum absolute atomic E-state index is 0.0117. The monoisotopic (exact) mass is 350 g/mol. The standard InChI is InChI=1S/C16H13F3N4O2/c1-9-10-4-2-3-5-11(10)25-13(9)14(24)22-6-7-23-12(8-22)20-21-15(23)16(17,18)19/h2-5H,6-8H2,1H3. The number of rotatable bonds is 1. The number of aryl methyl sites for hydroxylation is 1. The average molecular weight is 350 g/mol. The van der Waals surface area contributed by atoms with E-state index >= 15 is 0 Å². The Balaban J connectivity index is 1.64. The van der Waals surface area contributed by atoms with E-state index in [4.69, 9.17) is 4.42 Å². The molecule has 0 radical (unpaired) electrons. The van der Waals surface area contributed by atoms with Crippen molar-refractivity contribution in [1.29, 1.82) is 0 Å². The van der Waals surface area contributed by atoms with Crippen molar-refractivity contribution < 1.29 is 22.4 Å². The number of furan rings is 1. The summed E-state index contributed by atoms with van der Waals surface area (Å²) >= 11 is 0. The van der Waals surface area contributed by atoms with Gasteiger partial charge in [0.2, 0.25) is 5.82 Å². The first kappa shape index (κ1) is 15.7. The van der Waals surface area contributed by atoms with Gasteiger partial charge in [-0.05, 0) is 13.0 Å². The number of halogens is 3. The molecule has 4 rings (SSSR count). The fraction of sp³-hybridized carbons (Fsp3) is 0.312. The van der Waals surface area contributed by atoms with Crippen LogP contribution in [0.5, 0.6) is 0 Å². The van der Waals surface area contributed by atoms with E-state index in [1.165, 1.54) is 4.90 Å². The van der Waals surface area contributed by atoms with Crippen LogP contribution in [0.1, 0.15) is 27.8 Å². The highest BCUT2D eigenvalue weighted by molar-refractivity contribution is 5.98. The Morgan fingerprint density at radius 2 is 1.96 bits per heavy atom. The molecule has 9 heteroatoms. The number of amides is 1. The van der Waals surface area contributed by atoms with Gasteiger partial charge >= 0.3 is 6.18 Å². The summed E-state index contributed by atoms with van der Waals surface area (Å²) in [6.45, 7) is 1.86. The number of hydrogen-bond donors (Lipinski definition) is 0. The molecule has 0 N–H and O–H groups in total. The number of aromatic nitrogens is 3. The Morgan fingerprint density at radius 1 is 1.20 bits per heavy atom. The van der Waals surface area contributed by atoms with E-state index in [9.17, 15) is 18.0 Å². The first-order valence-corrected chi connectivity index (χ1v) is 7.63. The second kappa shape index (κ2) is 5.33. The Morgan fingerprint density at radius 3 is 2.68 bits per heavy atom. The molecular weight excluding hydrogens is 337 g/mol. The van der Waals surface area contributed by atoms with Gasteiger partial charge in [-0.3, -0.25) is 4.79 Å². The van der Waals surface area contributed by atoms with E-state index in [2.05, 4.69) is 10.2 Å². The maximum Gasteiger partial charge on any atom is 0.451 e. The van der Waals surface area contributed by atoms with Gasteiger partial charge in [-0.25, -0.2) is 0 Å². The maximum atomic E-state index is 12.9. The fourth-order valence-corrected chi connectivity index (χ4v) is 3.06. The second-order valence-electron chi connectivity index (χ2n) is 5.87. The zero-order valence-corrected chi connectivity index (χ0v) is 13.2. The Hall–Kier alpha value is -2.84. The van der Waals surface area contributed by atoms with Crippen LogP contribution >= 0.6 is 0 Å². The van der Waals surface area contributed by atoms with Crippen LogP contribution in [-0.2, 0) is 19.3 Å². The van der Waals surface area contributed by atoms with Crippen molar-refractivity contribution in [3.63, 3.8) is 0 Å². The molecule has 0 atom stereocenters. The first-order chi connectivity index (χ1) is 11.9. The molecule has 0 saturated carbocycles. The number of carbonyl (C=O) groups is 1. The normalized spacial score (nSPS) is 14.8. The quantitative estimate of drug-likeness (QED) is 0.677. The van der Waals surface area contributed by atoms with Crippen LogP contribution in [0.4, 0.5) is 13.2 Å². The minimum Gasteiger partial charge on any atom is -0.451 e. The van der Waals surface area contributed by atoms with Gasteiger partial charge in [-0.1, -0.05) is 18.2 Å². The lowest BCUT2D eigenvalue weighted by Gasteiger charge is -2.27. The number of benzene rings is 1. The van der Waals surface area contributed by atoms with E-state index < -0.39 is 12.0 Å². The first-order valence-electron chi connectivity index (χ1n) is 7.63. The number of hydrogen-bond acceptors (Lipinski definition) is 4. The Bertz CT molecular complexity index is 974. The highest BCUT2D eigenvalue weighted by Crippen LogP contribution is 2.30. The summed E-state index contributed by atoms with van der Waals surface area (Å²) in [7, 11) is 0. The molecule has 1 aliphatic rings. The van der Waals surface area contributed by atoms with Crippen molar-refractivity contribution in [2.24, 2.45) is 0 Å². The predicted molar refractivity (Wildman–Crippen MR) is 80.7 cm³/mol. The number of carbonyl (C=O) groups excluding carboxylic acids is 1. The van der Waals surface area contributed by atoms with Crippen LogP contribution in [-0.4, -0.2) is 32.1 Å². The summed E-state index contributed by atoms with van der Waals surface area (Å²) < 4.78 is 45.3. The number of fused-ring (bicyclic) bond motifs is 2. The lowest BCUT2D eigenvalue weighted by molar-refractivity contribution is -0.147. The van der Waals surface area contributed by atoms with Crippen LogP contribution in [0.2, 0.25) is 0 Å². The summed E-state index contributed by atoms with van der Waals surface area (Å²) in [6.07, 6.45) is -4.56. The lowest BCUT2D eigenvalue weighted by atomic mass is 10.1. The molecule has 130 valence electrons. The third kappa shape index (κ3) is 2.46. The Kier molecular flexibility index (Phi) is 3.34. The molecule has 0 aliphatic carbocycles. The molecule has 0 fully saturated rings. The molecule has 0 unspecified atom stereocenters. The van der Waals surface area contributed by atoms with Crippen molar-refractivity contribution in [2.45, 2.75) is 26.2 Å². The molecule has 0 spiro atoms. The van der Waals surface area contributed by atoms with Crippen LogP contribution in [0.15, 0.2) is 28.7 Å².